The number of hydrogen-bond donors (Lipinski definition) is 1. The minimum absolute atomic E-state index is 0.0748. The van der Waals surface area contributed by atoms with Crippen LogP contribution in [0.4, 0.5) is 5.69 Å². The molecule has 0 saturated heterocycles. The zero-order valence-corrected chi connectivity index (χ0v) is 9.40. The zero-order valence-electron chi connectivity index (χ0n) is 9.40. The third-order valence-electron chi connectivity index (χ3n) is 2.46. The Balaban J connectivity index is 2.38. The van der Waals surface area contributed by atoms with Gasteiger partial charge in [-0.2, -0.15) is 0 Å². The maximum atomic E-state index is 11.2. The van der Waals surface area contributed by atoms with Gasteiger partial charge in [0, 0.05) is 31.5 Å². The van der Waals surface area contributed by atoms with Gasteiger partial charge in [0.05, 0.1) is 0 Å². The van der Waals surface area contributed by atoms with Crippen LogP contribution in [-0.2, 0) is 0 Å². The molecule has 1 aromatic heterocycles. The first-order valence-corrected chi connectivity index (χ1v) is 5.14. The lowest BCUT2D eigenvalue weighted by molar-refractivity contribution is 1.13. The summed E-state index contributed by atoms with van der Waals surface area (Å²) in [6, 6.07) is 13.2. The molecule has 0 bridgehead atoms. The van der Waals surface area contributed by atoms with Gasteiger partial charge in [-0.25, -0.2) is 0 Å². The number of aromatic nitrogens is 1. The van der Waals surface area contributed by atoms with Gasteiger partial charge in [0.25, 0.3) is 0 Å². The van der Waals surface area contributed by atoms with E-state index in [2.05, 4.69) is 4.98 Å². The highest BCUT2D eigenvalue weighted by Gasteiger charge is 1.99. The SMILES string of the molecule is CN(C)c1ccc(-c2cccc(=O)[nH]2)cc1. The zero-order chi connectivity index (χ0) is 11.5. The van der Waals surface area contributed by atoms with E-state index in [-0.39, 0.29) is 5.56 Å². The van der Waals surface area contributed by atoms with Crippen LogP contribution < -0.4 is 10.5 Å². The molecule has 0 aliphatic heterocycles. The van der Waals surface area contributed by atoms with Crippen LogP contribution in [0.3, 0.4) is 0 Å². The summed E-state index contributed by atoms with van der Waals surface area (Å²) < 4.78 is 0. The quantitative estimate of drug-likeness (QED) is 0.831. The lowest BCUT2D eigenvalue weighted by Crippen LogP contribution is -2.08. The van der Waals surface area contributed by atoms with Crippen LogP contribution in [0.5, 0.6) is 0 Å². The van der Waals surface area contributed by atoms with E-state index in [0.717, 1.165) is 16.9 Å². The van der Waals surface area contributed by atoms with Crippen molar-refractivity contribution in [2.24, 2.45) is 0 Å². The molecule has 0 unspecified atom stereocenters. The molecule has 2 aromatic rings. The van der Waals surface area contributed by atoms with Gasteiger partial charge in [-0.05, 0) is 23.8 Å². The predicted molar refractivity (Wildman–Crippen MR) is 66.8 cm³/mol. The molecule has 1 N–H and O–H groups in total. The average molecular weight is 214 g/mol. The average Bonchev–Trinajstić information content (AvgIpc) is 2.29. The summed E-state index contributed by atoms with van der Waals surface area (Å²) >= 11 is 0. The summed E-state index contributed by atoms with van der Waals surface area (Å²) in [6.07, 6.45) is 0. The van der Waals surface area contributed by atoms with E-state index in [1.807, 2.05) is 49.3 Å². The van der Waals surface area contributed by atoms with Gasteiger partial charge >= 0.3 is 0 Å². The number of benzene rings is 1. The molecule has 0 spiro atoms. The summed E-state index contributed by atoms with van der Waals surface area (Å²) in [7, 11) is 4.00. The van der Waals surface area contributed by atoms with Crippen LogP contribution in [0.1, 0.15) is 0 Å². The van der Waals surface area contributed by atoms with Crippen molar-refractivity contribution in [1.82, 2.24) is 4.98 Å². The molecule has 2 rings (SSSR count). The van der Waals surface area contributed by atoms with Crippen LogP contribution in [-0.4, -0.2) is 19.1 Å². The van der Waals surface area contributed by atoms with Crippen molar-refractivity contribution in [3.63, 3.8) is 0 Å². The standard InChI is InChI=1S/C13H14N2O/c1-15(2)11-8-6-10(7-9-11)12-4-3-5-13(16)14-12/h3-9H,1-2H3,(H,14,16). The van der Waals surface area contributed by atoms with Gasteiger partial charge < -0.3 is 9.88 Å². The van der Waals surface area contributed by atoms with Crippen molar-refractivity contribution < 1.29 is 0 Å². The Morgan fingerprint density at radius 1 is 1.00 bits per heavy atom. The number of nitrogens with one attached hydrogen (secondary N) is 1. The molecular weight excluding hydrogens is 200 g/mol. The van der Waals surface area contributed by atoms with E-state index in [1.165, 1.54) is 6.07 Å². The molecule has 1 heterocycles. The Morgan fingerprint density at radius 3 is 2.25 bits per heavy atom. The smallest absolute Gasteiger partial charge is 0.248 e. The monoisotopic (exact) mass is 214 g/mol. The Bertz CT molecular complexity index is 526. The maximum absolute atomic E-state index is 11.2. The van der Waals surface area contributed by atoms with Crippen molar-refractivity contribution in [2.45, 2.75) is 0 Å². The van der Waals surface area contributed by atoms with Gasteiger partial charge in [0.1, 0.15) is 0 Å². The second kappa shape index (κ2) is 4.23. The molecule has 3 heteroatoms. The number of aromatic amines is 1. The normalized spacial score (nSPS) is 10.1. The van der Waals surface area contributed by atoms with E-state index in [4.69, 9.17) is 0 Å². The van der Waals surface area contributed by atoms with E-state index < -0.39 is 0 Å². The highest BCUT2D eigenvalue weighted by Crippen LogP contribution is 2.19. The van der Waals surface area contributed by atoms with Gasteiger partial charge in [0.15, 0.2) is 0 Å². The number of anilines is 1. The third kappa shape index (κ3) is 2.14. The Labute approximate surface area is 94.4 Å². The Kier molecular flexibility index (Phi) is 2.77. The number of pyridine rings is 1. The van der Waals surface area contributed by atoms with Crippen LogP contribution in [0.2, 0.25) is 0 Å². The second-order valence-corrected chi connectivity index (χ2v) is 3.87. The summed E-state index contributed by atoms with van der Waals surface area (Å²) in [6.45, 7) is 0. The number of hydrogen-bond acceptors (Lipinski definition) is 2. The molecule has 16 heavy (non-hydrogen) atoms. The van der Waals surface area contributed by atoms with E-state index in [9.17, 15) is 4.79 Å². The van der Waals surface area contributed by atoms with E-state index in [1.54, 1.807) is 6.07 Å². The molecule has 0 saturated carbocycles. The first-order valence-electron chi connectivity index (χ1n) is 5.14. The first-order chi connectivity index (χ1) is 7.66. The van der Waals surface area contributed by atoms with Crippen LogP contribution in [0.25, 0.3) is 11.3 Å². The maximum Gasteiger partial charge on any atom is 0.248 e. The van der Waals surface area contributed by atoms with Gasteiger partial charge in [0.2, 0.25) is 5.56 Å². The Morgan fingerprint density at radius 2 is 1.69 bits per heavy atom. The molecule has 0 aliphatic carbocycles. The predicted octanol–water partition coefficient (Wildman–Crippen LogP) is 2.11. The fraction of sp³-hybridized carbons (Fsp3) is 0.154. The lowest BCUT2D eigenvalue weighted by Gasteiger charge is -2.12. The topological polar surface area (TPSA) is 36.1 Å². The minimum Gasteiger partial charge on any atom is -0.378 e. The fourth-order valence-corrected chi connectivity index (χ4v) is 1.56. The van der Waals surface area contributed by atoms with Gasteiger partial charge in [-0.1, -0.05) is 18.2 Å². The minimum atomic E-state index is -0.0748. The molecule has 82 valence electrons. The molecule has 0 atom stereocenters. The molecule has 0 amide bonds. The molecule has 0 aliphatic rings. The van der Waals surface area contributed by atoms with Crippen molar-refractivity contribution in [3.8, 4) is 11.3 Å². The lowest BCUT2D eigenvalue weighted by atomic mass is 10.1. The number of nitrogens with zero attached hydrogens (tertiary/aromatic N) is 1. The second-order valence-electron chi connectivity index (χ2n) is 3.87. The number of H-pyrrole nitrogens is 1. The third-order valence-corrected chi connectivity index (χ3v) is 2.46. The summed E-state index contributed by atoms with van der Waals surface area (Å²) in [5.41, 5.74) is 2.93. The van der Waals surface area contributed by atoms with Crippen molar-refractivity contribution >= 4 is 5.69 Å². The molecule has 0 fully saturated rings. The number of rotatable bonds is 2. The highest BCUT2D eigenvalue weighted by atomic mass is 16.1. The van der Waals surface area contributed by atoms with Gasteiger partial charge in [-0.3, -0.25) is 4.79 Å². The summed E-state index contributed by atoms with van der Waals surface area (Å²) in [4.78, 5) is 16.0. The molecule has 1 aromatic carbocycles. The van der Waals surface area contributed by atoms with Crippen LogP contribution in [0.15, 0.2) is 47.3 Å². The van der Waals surface area contributed by atoms with Crippen molar-refractivity contribution in [2.75, 3.05) is 19.0 Å². The van der Waals surface area contributed by atoms with Crippen LogP contribution >= 0.6 is 0 Å². The Hall–Kier alpha value is -2.03. The van der Waals surface area contributed by atoms with Crippen molar-refractivity contribution in [1.29, 1.82) is 0 Å². The van der Waals surface area contributed by atoms with Crippen molar-refractivity contribution in [3.05, 3.63) is 52.8 Å². The van der Waals surface area contributed by atoms with E-state index in [0.29, 0.717) is 0 Å². The first kappa shape index (κ1) is 10.5. The summed E-state index contributed by atoms with van der Waals surface area (Å²) in [5, 5.41) is 0. The van der Waals surface area contributed by atoms with E-state index >= 15 is 0 Å². The molecular formula is C13H14N2O. The fourth-order valence-electron chi connectivity index (χ4n) is 1.56. The largest absolute Gasteiger partial charge is 0.378 e. The van der Waals surface area contributed by atoms with Crippen LogP contribution in [0, 0.1) is 0 Å². The summed E-state index contributed by atoms with van der Waals surface area (Å²) in [5.74, 6) is 0. The molecule has 0 radical (unpaired) electrons. The molecule has 3 nitrogen and oxygen atoms in total. The van der Waals surface area contributed by atoms with Gasteiger partial charge in [-0.15, -0.1) is 0 Å². The highest BCUT2D eigenvalue weighted by molar-refractivity contribution is 5.62.